The van der Waals surface area contributed by atoms with E-state index in [0.29, 0.717) is 0 Å². The lowest BCUT2D eigenvalue weighted by Gasteiger charge is -2.17. The molecule has 0 saturated heterocycles. The fourth-order valence-electron chi connectivity index (χ4n) is 0.981. The molecule has 0 aromatic heterocycles. The maximum Gasteiger partial charge on any atom is 0.372 e. The SMILES string of the molecule is Cc1cc2ccc1-2.O=C(O)Br. The van der Waals surface area contributed by atoms with E-state index in [0.717, 1.165) is 0 Å². The van der Waals surface area contributed by atoms with Crippen LogP contribution >= 0.6 is 15.9 Å². The standard InChI is InChI=1S/C7H6.CHBrO2/c1-5-4-6-2-3-7(5)6;2-1(3)4/h2-4H,1H3;(H,3,4). The van der Waals surface area contributed by atoms with Crippen molar-refractivity contribution in [3.8, 4) is 11.1 Å². The Morgan fingerprint density at radius 1 is 1.55 bits per heavy atom. The van der Waals surface area contributed by atoms with Crippen molar-refractivity contribution in [1.82, 2.24) is 0 Å². The van der Waals surface area contributed by atoms with Crippen molar-refractivity contribution < 1.29 is 9.90 Å². The number of benzene rings is 1. The molecule has 0 unspecified atom stereocenters. The zero-order valence-electron chi connectivity index (χ0n) is 5.97. The van der Waals surface area contributed by atoms with Crippen LogP contribution in [-0.2, 0) is 0 Å². The first kappa shape index (κ1) is 8.27. The van der Waals surface area contributed by atoms with Crippen molar-refractivity contribution in [2.24, 2.45) is 0 Å². The molecule has 0 heterocycles. The van der Waals surface area contributed by atoms with Crippen LogP contribution in [0.25, 0.3) is 11.1 Å². The Morgan fingerprint density at radius 2 is 2.09 bits per heavy atom. The van der Waals surface area contributed by atoms with E-state index in [1.165, 1.54) is 16.7 Å². The Hall–Kier alpha value is -0.830. The molecule has 0 aliphatic heterocycles. The normalized spacial score (nSPS) is 9.64. The van der Waals surface area contributed by atoms with Crippen molar-refractivity contribution >= 4 is 20.8 Å². The Morgan fingerprint density at radius 3 is 2.09 bits per heavy atom. The molecule has 0 atom stereocenters. The van der Waals surface area contributed by atoms with Gasteiger partial charge in [0.05, 0.1) is 0 Å². The number of fused-ring (bicyclic) bond motifs is 1. The predicted octanol–water partition coefficient (Wildman–Crippen LogP) is 3.03. The van der Waals surface area contributed by atoms with Gasteiger partial charge in [0.15, 0.2) is 0 Å². The van der Waals surface area contributed by atoms with Crippen molar-refractivity contribution in [3.05, 3.63) is 23.8 Å². The average Bonchev–Trinajstić information content (AvgIpc) is 1.81. The topological polar surface area (TPSA) is 37.3 Å². The van der Waals surface area contributed by atoms with Crippen LogP contribution in [0, 0.1) is 6.92 Å². The van der Waals surface area contributed by atoms with Crippen molar-refractivity contribution in [1.29, 1.82) is 0 Å². The average molecular weight is 215 g/mol. The minimum Gasteiger partial charge on any atom is -0.473 e. The number of halogens is 1. The van der Waals surface area contributed by atoms with Crippen LogP contribution < -0.4 is 0 Å². The Kier molecular flexibility index (Phi) is 2.29. The first-order chi connectivity index (χ1) is 5.11. The highest BCUT2D eigenvalue weighted by molar-refractivity contribution is 9.18. The summed E-state index contributed by atoms with van der Waals surface area (Å²) < 4.78 is 0. The molecule has 0 spiro atoms. The molecule has 0 radical (unpaired) electrons. The molecule has 0 amide bonds. The highest BCUT2D eigenvalue weighted by Gasteiger charge is 2.10. The van der Waals surface area contributed by atoms with Gasteiger partial charge in [0, 0.05) is 15.9 Å². The molecule has 3 heteroatoms. The fraction of sp³-hybridized carbons (Fsp3) is 0.125. The zero-order chi connectivity index (χ0) is 8.43. The van der Waals surface area contributed by atoms with E-state index in [9.17, 15) is 0 Å². The second-order valence-corrected chi connectivity index (χ2v) is 2.96. The maximum absolute atomic E-state index is 8.92. The summed E-state index contributed by atoms with van der Waals surface area (Å²) in [5.41, 5.74) is 4.36. The molecular formula is C8H7BrO2. The summed E-state index contributed by atoms with van der Waals surface area (Å²) in [6.07, 6.45) is 0. The molecule has 2 rings (SSSR count). The number of rotatable bonds is 0. The first-order valence-corrected chi connectivity index (χ1v) is 3.90. The van der Waals surface area contributed by atoms with E-state index in [-0.39, 0.29) is 0 Å². The van der Waals surface area contributed by atoms with Gasteiger partial charge in [-0.25, -0.2) is 4.79 Å². The molecule has 0 bridgehead atoms. The summed E-state index contributed by atoms with van der Waals surface area (Å²) >= 11 is 2.19. The van der Waals surface area contributed by atoms with E-state index in [1.807, 2.05) is 0 Å². The number of hydrogen-bond acceptors (Lipinski definition) is 1. The van der Waals surface area contributed by atoms with Crippen LogP contribution in [0.3, 0.4) is 0 Å². The molecule has 2 aliphatic rings. The van der Waals surface area contributed by atoms with Gasteiger partial charge < -0.3 is 5.11 Å². The minimum absolute atomic E-state index is 1.02. The van der Waals surface area contributed by atoms with Crippen molar-refractivity contribution in [2.45, 2.75) is 6.92 Å². The molecule has 2 aliphatic carbocycles. The quantitative estimate of drug-likeness (QED) is 0.685. The van der Waals surface area contributed by atoms with Gasteiger partial charge in [-0.15, -0.1) is 0 Å². The molecule has 1 N–H and O–H groups in total. The molecule has 2 nitrogen and oxygen atoms in total. The Balaban J connectivity index is 0.000000134. The molecule has 0 fully saturated rings. The van der Waals surface area contributed by atoms with Crippen LogP contribution in [0.2, 0.25) is 0 Å². The molecule has 0 aromatic carbocycles. The summed E-state index contributed by atoms with van der Waals surface area (Å²) in [6.45, 7) is 2.14. The van der Waals surface area contributed by atoms with Crippen LogP contribution in [0.1, 0.15) is 5.56 Å². The second kappa shape index (κ2) is 3.05. The van der Waals surface area contributed by atoms with Gasteiger partial charge in [-0.05, 0) is 23.6 Å². The summed E-state index contributed by atoms with van der Waals surface area (Å²) in [7, 11) is 0. The van der Waals surface area contributed by atoms with Crippen LogP contribution in [0.5, 0.6) is 0 Å². The van der Waals surface area contributed by atoms with Gasteiger partial charge in [0.1, 0.15) is 0 Å². The largest absolute Gasteiger partial charge is 0.473 e. The highest BCUT2D eigenvalue weighted by atomic mass is 79.9. The Bertz CT molecular complexity index is 290. The van der Waals surface area contributed by atoms with E-state index in [4.69, 9.17) is 9.90 Å². The number of carboxylic acid groups (broad SMARTS) is 1. The van der Waals surface area contributed by atoms with Crippen LogP contribution in [-0.4, -0.2) is 9.99 Å². The maximum atomic E-state index is 8.92. The van der Waals surface area contributed by atoms with Gasteiger partial charge >= 0.3 is 4.88 Å². The third kappa shape index (κ3) is 1.80. The van der Waals surface area contributed by atoms with E-state index in [2.05, 4.69) is 41.1 Å². The summed E-state index contributed by atoms with van der Waals surface area (Å²) in [5, 5.41) is 7.33. The zero-order valence-corrected chi connectivity index (χ0v) is 7.55. The fourth-order valence-corrected chi connectivity index (χ4v) is 0.981. The summed E-state index contributed by atoms with van der Waals surface area (Å²) in [4.78, 5) is 7.90. The summed E-state index contributed by atoms with van der Waals surface area (Å²) in [6, 6.07) is 6.50. The third-order valence-corrected chi connectivity index (χ3v) is 1.54. The monoisotopic (exact) mass is 214 g/mol. The van der Waals surface area contributed by atoms with E-state index >= 15 is 0 Å². The minimum atomic E-state index is -1.02. The number of carbonyl (C=O) groups is 1. The highest BCUT2D eigenvalue weighted by Crippen LogP contribution is 2.35. The third-order valence-electron chi connectivity index (χ3n) is 1.54. The van der Waals surface area contributed by atoms with Crippen LogP contribution in [0.4, 0.5) is 4.79 Å². The molecule has 0 saturated carbocycles. The van der Waals surface area contributed by atoms with Gasteiger partial charge in [-0.1, -0.05) is 18.2 Å². The lowest BCUT2D eigenvalue weighted by Crippen LogP contribution is -1.93. The van der Waals surface area contributed by atoms with Gasteiger partial charge in [-0.3, -0.25) is 0 Å². The first-order valence-electron chi connectivity index (χ1n) is 3.10. The molecule has 0 aromatic rings. The summed E-state index contributed by atoms with van der Waals surface area (Å²) in [5.74, 6) is 0. The van der Waals surface area contributed by atoms with Crippen molar-refractivity contribution in [3.63, 3.8) is 0 Å². The smallest absolute Gasteiger partial charge is 0.372 e. The second-order valence-electron chi connectivity index (χ2n) is 2.28. The number of hydrogen-bond donors (Lipinski definition) is 1. The molecular weight excluding hydrogens is 208 g/mol. The number of aryl methyl sites for hydroxylation is 1. The molecule has 58 valence electrons. The Labute approximate surface area is 73.0 Å². The predicted molar refractivity (Wildman–Crippen MR) is 47.1 cm³/mol. The van der Waals surface area contributed by atoms with Gasteiger partial charge in [0.2, 0.25) is 0 Å². The van der Waals surface area contributed by atoms with Crippen molar-refractivity contribution in [2.75, 3.05) is 0 Å². The molecule has 11 heavy (non-hydrogen) atoms. The lowest BCUT2D eigenvalue weighted by atomic mass is 9.88. The van der Waals surface area contributed by atoms with Gasteiger partial charge in [0.25, 0.3) is 0 Å². The van der Waals surface area contributed by atoms with E-state index < -0.39 is 4.88 Å². The lowest BCUT2D eigenvalue weighted by molar-refractivity contribution is 0.223. The van der Waals surface area contributed by atoms with Gasteiger partial charge in [-0.2, -0.15) is 0 Å². The van der Waals surface area contributed by atoms with E-state index in [1.54, 1.807) is 0 Å². The van der Waals surface area contributed by atoms with Crippen LogP contribution in [0.15, 0.2) is 18.2 Å².